The first-order valence-electron chi connectivity index (χ1n) is 9.93. The highest BCUT2D eigenvalue weighted by Crippen LogP contribution is 2.42. The zero-order valence-corrected chi connectivity index (χ0v) is 17.2. The number of aryl methyl sites for hydroxylation is 1. The predicted octanol–water partition coefficient (Wildman–Crippen LogP) is 2.63. The van der Waals surface area contributed by atoms with Crippen molar-refractivity contribution in [2.24, 2.45) is 0 Å². The molecule has 1 fully saturated rings. The Morgan fingerprint density at radius 2 is 2.03 bits per heavy atom. The van der Waals surface area contributed by atoms with Gasteiger partial charge in [-0.05, 0) is 49.8 Å². The lowest BCUT2D eigenvalue weighted by Crippen LogP contribution is -2.49. The van der Waals surface area contributed by atoms with Gasteiger partial charge in [0.15, 0.2) is 11.5 Å². The number of carbonyl (C=O) groups excluding carboxylic acids is 3. The number of urea groups is 1. The molecule has 1 aromatic heterocycles. The van der Waals surface area contributed by atoms with Gasteiger partial charge in [-0.2, -0.15) is 0 Å². The SMILES string of the molecule is C[C@@H](C(=O)Nc1ccc2c(c1)OCCO2)N1C(=O)N[C@@]2(CCCc3sccc32)C1=O. The summed E-state index contributed by atoms with van der Waals surface area (Å²) in [6.07, 6.45) is 2.25. The van der Waals surface area contributed by atoms with E-state index in [0.29, 0.717) is 36.8 Å². The molecule has 2 atom stereocenters. The molecule has 1 saturated heterocycles. The molecule has 2 aromatic rings. The zero-order chi connectivity index (χ0) is 20.9. The Morgan fingerprint density at radius 1 is 1.23 bits per heavy atom. The van der Waals surface area contributed by atoms with Crippen LogP contribution in [0, 0.1) is 0 Å². The van der Waals surface area contributed by atoms with Crippen LogP contribution in [0.1, 0.15) is 30.2 Å². The maximum absolute atomic E-state index is 13.4. The van der Waals surface area contributed by atoms with Gasteiger partial charge < -0.3 is 20.1 Å². The van der Waals surface area contributed by atoms with Crippen LogP contribution in [-0.4, -0.2) is 42.0 Å². The summed E-state index contributed by atoms with van der Waals surface area (Å²) < 4.78 is 11.0. The summed E-state index contributed by atoms with van der Waals surface area (Å²) in [5, 5.41) is 7.59. The van der Waals surface area contributed by atoms with Gasteiger partial charge >= 0.3 is 6.03 Å². The van der Waals surface area contributed by atoms with Gasteiger partial charge in [-0.3, -0.25) is 9.59 Å². The fraction of sp³-hybridized carbons (Fsp3) is 0.381. The summed E-state index contributed by atoms with van der Waals surface area (Å²) in [6.45, 7) is 2.48. The normalized spacial score (nSPS) is 23.2. The van der Waals surface area contributed by atoms with E-state index >= 15 is 0 Å². The first kappa shape index (κ1) is 18.9. The highest BCUT2D eigenvalue weighted by Gasteiger charge is 2.56. The van der Waals surface area contributed by atoms with Crippen molar-refractivity contribution in [1.82, 2.24) is 10.2 Å². The van der Waals surface area contributed by atoms with E-state index in [2.05, 4.69) is 10.6 Å². The minimum atomic E-state index is -1.06. The lowest BCUT2D eigenvalue weighted by atomic mass is 9.80. The van der Waals surface area contributed by atoms with Crippen molar-refractivity contribution in [3.05, 3.63) is 40.1 Å². The molecule has 9 heteroatoms. The van der Waals surface area contributed by atoms with E-state index in [0.717, 1.165) is 28.2 Å². The Kier molecular flexibility index (Phi) is 4.43. The summed E-state index contributed by atoms with van der Waals surface area (Å²) >= 11 is 1.59. The molecule has 30 heavy (non-hydrogen) atoms. The van der Waals surface area contributed by atoms with Crippen molar-refractivity contribution >= 4 is 34.9 Å². The Morgan fingerprint density at radius 3 is 2.87 bits per heavy atom. The van der Waals surface area contributed by atoms with E-state index in [9.17, 15) is 14.4 Å². The Hall–Kier alpha value is -3.07. The average molecular weight is 427 g/mol. The predicted molar refractivity (Wildman–Crippen MR) is 110 cm³/mol. The van der Waals surface area contributed by atoms with Gasteiger partial charge in [-0.25, -0.2) is 9.69 Å². The molecule has 0 radical (unpaired) electrons. The second-order valence-corrected chi connectivity index (χ2v) is 8.65. The maximum Gasteiger partial charge on any atom is 0.326 e. The number of thiophene rings is 1. The van der Waals surface area contributed by atoms with Crippen molar-refractivity contribution < 1.29 is 23.9 Å². The van der Waals surface area contributed by atoms with Crippen LogP contribution in [0.15, 0.2) is 29.6 Å². The zero-order valence-electron chi connectivity index (χ0n) is 16.4. The van der Waals surface area contributed by atoms with Crippen LogP contribution in [0.5, 0.6) is 11.5 Å². The maximum atomic E-state index is 13.4. The third kappa shape index (κ3) is 2.84. The number of nitrogens with zero attached hydrogens (tertiary/aromatic N) is 1. The lowest BCUT2D eigenvalue weighted by molar-refractivity contribution is -0.137. The molecule has 1 aromatic carbocycles. The minimum Gasteiger partial charge on any atom is -0.486 e. The summed E-state index contributed by atoms with van der Waals surface area (Å²) in [5.74, 6) is 0.352. The summed E-state index contributed by atoms with van der Waals surface area (Å²) in [5.41, 5.74) is 0.311. The van der Waals surface area contributed by atoms with Gasteiger partial charge in [0, 0.05) is 22.2 Å². The number of amides is 4. The molecule has 8 nitrogen and oxygen atoms in total. The van der Waals surface area contributed by atoms with Gasteiger partial charge in [0.1, 0.15) is 24.8 Å². The van der Waals surface area contributed by atoms with Crippen molar-refractivity contribution in [3.63, 3.8) is 0 Å². The molecular weight excluding hydrogens is 406 g/mol. The van der Waals surface area contributed by atoms with Crippen LogP contribution in [0.25, 0.3) is 0 Å². The van der Waals surface area contributed by atoms with Gasteiger partial charge in [-0.1, -0.05) is 0 Å². The fourth-order valence-corrected chi connectivity index (χ4v) is 5.35. The smallest absolute Gasteiger partial charge is 0.326 e. The first-order chi connectivity index (χ1) is 14.5. The van der Waals surface area contributed by atoms with E-state index in [1.54, 1.807) is 36.5 Å². The van der Waals surface area contributed by atoms with Crippen molar-refractivity contribution in [3.8, 4) is 11.5 Å². The van der Waals surface area contributed by atoms with Crippen LogP contribution in [-0.2, 0) is 21.5 Å². The number of nitrogens with one attached hydrogen (secondary N) is 2. The van der Waals surface area contributed by atoms with E-state index in [-0.39, 0.29) is 5.91 Å². The van der Waals surface area contributed by atoms with Crippen LogP contribution in [0.3, 0.4) is 0 Å². The van der Waals surface area contributed by atoms with E-state index in [1.807, 2.05) is 11.4 Å². The Labute approximate surface area is 177 Å². The number of hydrogen-bond acceptors (Lipinski definition) is 6. The van der Waals surface area contributed by atoms with Crippen LogP contribution < -0.4 is 20.1 Å². The molecule has 1 aliphatic carbocycles. The highest BCUT2D eigenvalue weighted by atomic mass is 32.1. The van der Waals surface area contributed by atoms with Crippen molar-refractivity contribution in [1.29, 1.82) is 0 Å². The molecule has 2 N–H and O–H groups in total. The third-order valence-corrected chi connectivity index (χ3v) is 6.84. The van der Waals surface area contributed by atoms with Crippen LogP contribution in [0.2, 0.25) is 0 Å². The Bertz CT molecular complexity index is 1050. The summed E-state index contributed by atoms with van der Waals surface area (Å²) in [4.78, 5) is 41.2. The first-order valence-corrected chi connectivity index (χ1v) is 10.8. The summed E-state index contributed by atoms with van der Waals surface area (Å²) in [6, 6.07) is 5.49. The number of anilines is 1. The molecule has 156 valence electrons. The molecular formula is C21H21N3O5S. The summed E-state index contributed by atoms with van der Waals surface area (Å²) in [7, 11) is 0. The standard InChI is InChI=1S/C21H21N3O5S/c1-12(18(25)22-13-4-5-15-16(11-13)29-9-8-28-15)24-19(26)21(23-20(24)27)7-2-3-17-14(21)6-10-30-17/h4-6,10-12H,2-3,7-9H2,1H3,(H,22,25)(H,23,27)/t12-,21+/m0/s1. The van der Waals surface area contributed by atoms with Gasteiger partial charge in [0.05, 0.1) is 0 Å². The molecule has 4 amide bonds. The molecule has 5 rings (SSSR count). The molecule has 0 unspecified atom stereocenters. The average Bonchev–Trinajstić information content (AvgIpc) is 3.32. The van der Waals surface area contributed by atoms with E-state index in [1.165, 1.54) is 0 Å². The lowest BCUT2D eigenvalue weighted by Gasteiger charge is -2.31. The molecule has 0 bridgehead atoms. The molecule has 3 aliphatic rings. The van der Waals surface area contributed by atoms with Crippen LogP contribution in [0.4, 0.5) is 10.5 Å². The minimum absolute atomic E-state index is 0.364. The number of imide groups is 1. The van der Waals surface area contributed by atoms with Gasteiger partial charge in [-0.15, -0.1) is 11.3 Å². The van der Waals surface area contributed by atoms with Crippen molar-refractivity contribution in [2.45, 2.75) is 37.8 Å². The number of rotatable bonds is 3. The van der Waals surface area contributed by atoms with Gasteiger partial charge in [0.25, 0.3) is 5.91 Å². The fourth-order valence-electron chi connectivity index (χ4n) is 4.35. The van der Waals surface area contributed by atoms with Crippen LogP contribution >= 0.6 is 11.3 Å². The monoisotopic (exact) mass is 427 g/mol. The number of benzene rings is 1. The topological polar surface area (TPSA) is 97.0 Å². The van der Waals surface area contributed by atoms with E-state index in [4.69, 9.17) is 9.47 Å². The second-order valence-electron chi connectivity index (χ2n) is 7.65. The quantitative estimate of drug-likeness (QED) is 0.734. The number of hydrogen-bond donors (Lipinski definition) is 2. The largest absolute Gasteiger partial charge is 0.486 e. The molecule has 2 aliphatic heterocycles. The molecule has 1 spiro atoms. The number of ether oxygens (including phenoxy) is 2. The Balaban J connectivity index is 1.36. The number of carbonyl (C=O) groups is 3. The molecule has 3 heterocycles. The van der Waals surface area contributed by atoms with E-state index < -0.39 is 23.5 Å². The van der Waals surface area contributed by atoms with Gasteiger partial charge in [0.2, 0.25) is 5.91 Å². The highest BCUT2D eigenvalue weighted by molar-refractivity contribution is 7.10. The molecule has 0 saturated carbocycles. The third-order valence-electron chi connectivity index (χ3n) is 5.86. The van der Waals surface area contributed by atoms with Crippen molar-refractivity contribution in [2.75, 3.05) is 18.5 Å². The second kappa shape index (κ2) is 7.02. The number of fused-ring (bicyclic) bond motifs is 3.